The molecule has 46 heavy (non-hydrogen) atoms. The molecule has 1 unspecified atom stereocenters. The first-order chi connectivity index (χ1) is 21.9. The van der Waals surface area contributed by atoms with Gasteiger partial charge in [-0.1, -0.05) is 31.0 Å². The fraction of sp³-hybridized carbons (Fsp3) is 0.424. The quantitative estimate of drug-likeness (QED) is 0.294. The fourth-order valence-electron chi connectivity index (χ4n) is 6.13. The first-order valence-electron chi connectivity index (χ1n) is 15.2. The van der Waals surface area contributed by atoms with Crippen LogP contribution in [0.4, 0.5) is 17.6 Å². The van der Waals surface area contributed by atoms with Crippen LogP contribution in [0.3, 0.4) is 0 Å². The molecule has 2 aromatic carbocycles. The number of aromatic nitrogens is 2. The highest BCUT2D eigenvalue weighted by Crippen LogP contribution is 2.45. The molecule has 3 aromatic rings. The Hall–Kier alpha value is -4.39. The number of carbonyl (C=O) groups excluding carboxylic acids is 2. The minimum atomic E-state index is -4.83. The third kappa shape index (κ3) is 6.07. The van der Waals surface area contributed by atoms with Gasteiger partial charge in [-0.25, -0.2) is 9.38 Å². The number of hydrogen-bond acceptors (Lipinski definition) is 7. The second-order valence-electron chi connectivity index (χ2n) is 12.3. The van der Waals surface area contributed by atoms with Crippen LogP contribution < -0.4 is 5.73 Å². The highest BCUT2D eigenvalue weighted by Gasteiger charge is 2.52. The number of halogens is 4. The molecule has 2 atom stereocenters. The Balaban J connectivity index is 1.40. The zero-order chi connectivity index (χ0) is 32.8. The van der Waals surface area contributed by atoms with Crippen molar-refractivity contribution in [3.05, 3.63) is 94.3 Å². The minimum Gasteiger partial charge on any atom is -0.376 e. The van der Waals surface area contributed by atoms with Crippen LogP contribution in [0.2, 0.25) is 0 Å². The van der Waals surface area contributed by atoms with Crippen LogP contribution in [0.5, 0.6) is 0 Å². The van der Waals surface area contributed by atoms with Crippen molar-refractivity contribution in [1.82, 2.24) is 19.8 Å². The van der Waals surface area contributed by atoms with Crippen molar-refractivity contribution in [2.45, 2.75) is 76.5 Å². The topological polar surface area (TPSA) is 114 Å². The Kier molecular flexibility index (Phi) is 8.30. The molecule has 2 aliphatic heterocycles. The summed E-state index contributed by atoms with van der Waals surface area (Å²) in [5, 5.41) is 0. The van der Waals surface area contributed by atoms with E-state index in [4.69, 9.17) is 10.5 Å². The molecule has 3 aliphatic rings. The Bertz CT molecular complexity index is 1650. The largest absolute Gasteiger partial charge is 0.417 e. The van der Waals surface area contributed by atoms with Crippen molar-refractivity contribution in [2.75, 3.05) is 6.61 Å². The van der Waals surface area contributed by atoms with Gasteiger partial charge in [-0.3, -0.25) is 24.5 Å². The second kappa shape index (κ2) is 12.1. The number of carbonyl (C=O) groups is 2. The zero-order valence-electron chi connectivity index (χ0n) is 25.4. The van der Waals surface area contributed by atoms with E-state index in [1.807, 2.05) is 0 Å². The highest BCUT2D eigenvalue weighted by molar-refractivity contribution is 6.07. The summed E-state index contributed by atoms with van der Waals surface area (Å²) in [6, 6.07) is 7.74. The van der Waals surface area contributed by atoms with Gasteiger partial charge in [0.15, 0.2) is 11.5 Å². The predicted octanol–water partition coefficient (Wildman–Crippen LogP) is 5.50. The third-order valence-corrected chi connectivity index (χ3v) is 8.75. The first-order valence-corrected chi connectivity index (χ1v) is 15.2. The van der Waals surface area contributed by atoms with Crippen molar-refractivity contribution in [1.29, 1.82) is 0 Å². The summed E-state index contributed by atoms with van der Waals surface area (Å²) in [5.74, 6) is -1.51. The van der Waals surface area contributed by atoms with E-state index < -0.39 is 46.5 Å². The number of rotatable bonds is 10. The van der Waals surface area contributed by atoms with Crippen LogP contribution in [0.15, 0.2) is 59.9 Å². The Morgan fingerprint density at radius 1 is 1.07 bits per heavy atom. The average molecular weight is 639 g/mol. The van der Waals surface area contributed by atoms with E-state index in [0.717, 1.165) is 25.0 Å². The lowest BCUT2D eigenvalue weighted by Gasteiger charge is -2.32. The van der Waals surface area contributed by atoms with Gasteiger partial charge in [0.1, 0.15) is 5.82 Å². The van der Waals surface area contributed by atoms with Gasteiger partial charge >= 0.3 is 6.18 Å². The minimum absolute atomic E-state index is 0.00875. The van der Waals surface area contributed by atoms with E-state index in [2.05, 4.69) is 15.0 Å². The van der Waals surface area contributed by atoms with Crippen molar-refractivity contribution >= 4 is 17.8 Å². The van der Waals surface area contributed by atoms with Gasteiger partial charge in [0.05, 0.1) is 54.4 Å². The Labute approximate surface area is 263 Å². The molecule has 1 saturated carbocycles. The number of guanidine groups is 1. The predicted molar refractivity (Wildman–Crippen MR) is 159 cm³/mol. The van der Waals surface area contributed by atoms with Crippen LogP contribution in [0.1, 0.15) is 84.0 Å². The molecular formula is C33H34F4N6O3. The lowest BCUT2D eigenvalue weighted by Crippen LogP contribution is -2.46. The Morgan fingerprint density at radius 2 is 1.72 bits per heavy atom. The smallest absolute Gasteiger partial charge is 0.376 e. The molecule has 242 valence electrons. The lowest BCUT2D eigenvalue weighted by atomic mass is 9.84. The molecule has 0 spiro atoms. The Morgan fingerprint density at radius 3 is 2.30 bits per heavy atom. The molecular weight excluding hydrogens is 604 g/mol. The molecule has 0 radical (unpaired) electrons. The maximum Gasteiger partial charge on any atom is 0.417 e. The maximum absolute atomic E-state index is 14.5. The van der Waals surface area contributed by atoms with Crippen LogP contribution >= 0.6 is 0 Å². The molecule has 1 aliphatic carbocycles. The summed E-state index contributed by atoms with van der Waals surface area (Å²) >= 11 is 0. The molecule has 1 fully saturated rings. The number of fused-ring (bicyclic) bond motifs is 1. The number of aliphatic imine (C=N–C) groups is 1. The number of hydrogen-bond donors (Lipinski definition) is 1. The van der Waals surface area contributed by atoms with Gasteiger partial charge < -0.3 is 15.4 Å². The normalized spacial score (nSPS) is 20.3. The van der Waals surface area contributed by atoms with E-state index in [-0.39, 0.29) is 37.3 Å². The second-order valence-corrected chi connectivity index (χ2v) is 12.3. The molecule has 13 heteroatoms. The van der Waals surface area contributed by atoms with Crippen LogP contribution in [0.25, 0.3) is 0 Å². The van der Waals surface area contributed by atoms with Crippen LogP contribution in [-0.2, 0) is 34.3 Å². The fourth-order valence-corrected chi connectivity index (χ4v) is 6.13. The van der Waals surface area contributed by atoms with Gasteiger partial charge in [-0.2, -0.15) is 13.2 Å². The van der Waals surface area contributed by atoms with E-state index in [0.29, 0.717) is 35.7 Å². The molecule has 6 rings (SSSR count). The third-order valence-electron chi connectivity index (χ3n) is 8.75. The van der Waals surface area contributed by atoms with Crippen molar-refractivity contribution in [2.24, 2.45) is 16.6 Å². The number of nitrogens with two attached hydrogens (primary N) is 1. The summed E-state index contributed by atoms with van der Waals surface area (Å²) in [5.41, 5.74) is 5.06. The summed E-state index contributed by atoms with van der Waals surface area (Å²) in [4.78, 5) is 43.8. The van der Waals surface area contributed by atoms with E-state index in [1.165, 1.54) is 52.5 Å². The van der Waals surface area contributed by atoms with Crippen molar-refractivity contribution in [3.63, 3.8) is 0 Å². The van der Waals surface area contributed by atoms with Gasteiger partial charge in [0.2, 0.25) is 0 Å². The number of alkyl halides is 3. The lowest BCUT2D eigenvalue weighted by molar-refractivity contribution is -0.138. The standard InChI is InChI=1S/C33H34F4N6O3/c1-19(2)46-18-28(43-30(45)32(41-31(43)38,12-11-20-3-4-20)22-6-8-23(34)9-7-22)21-5-10-25(33(35,36)37)24(15-21)29(44)42-16-26-27(17-42)40-14-13-39-26/h5-10,13-15,19-20,28H,3-4,11-12,16-18H2,1-2H3,(H2,38,41)/t28?,32-/m1/s1. The van der Waals surface area contributed by atoms with Crippen LogP contribution in [0, 0.1) is 11.7 Å². The highest BCUT2D eigenvalue weighted by atomic mass is 19.4. The number of amides is 2. The molecule has 0 bridgehead atoms. The molecule has 3 heterocycles. The van der Waals surface area contributed by atoms with Crippen molar-refractivity contribution in [3.8, 4) is 0 Å². The molecule has 2 N–H and O–H groups in total. The van der Waals surface area contributed by atoms with Gasteiger partial charge in [0, 0.05) is 12.4 Å². The summed E-state index contributed by atoms with van der Waals surface area (Å²) in [7, 11) is 0. The molecule has 1 aromatic heterocycles. The maximum atomic E-state index is 14.5. The van der Waals surface area contributed by atoms with Gasteiger partial charge in [-0.05, 0) is 68.0 Å². The molecule has 0 saturated heterocycles. The molecule has 9 nitrogen and oxygen atoms in total. The monoisotopic (exact) mass is 638 g/mol. The van der Waals surface area contributed by atoms with Gasteiger partial charge in [-0.15, -0.1) is 0 Å². The van der Waals surface area contributed by atoms with Crippen LogP contribution in [-0.4, -0.2) is 50.3 Å². The van der Waals surface area contributed by atoms with Gasteiger partial charge in [0.25, 0.3) is 11.8 Å². The summed E-state index contributed by atoms with van der Waals surface area (Å²) in [6.07, 6.45) is 0.894. The first kappa shape index (κ1) is 31.6. The summed E-state index contributed by atoms with van der Waals surface area (Å²) in [6.45, 7) is 3.45. The molecule has 2 amide bonds. The number of benzene rings is 2. The van der Waals surface area contributed by atoms with Crippen molar-refractivity contribution < 1.29 is 31.9 Å². The zero-order valence-corrected chi connectivity index (χ0v) is 25.4. The van der Waals surface area contributed by atoms with E-state index >= 15 is 0 Å². The average Bonchev–Trinajstić information content (AvgIpc) is 3.69. The number of ether oxygens (including phenoxy) is 1. The number of nitrogens with zero attached hydrogens (tertiary/aromatic N) is 5. The summed E-state index contributed by atoms with van der Waals surface area (Å²) < 4.78 is 62.7. The van der Waals surface area contributed by atoms with E-state index in [1.54, 1.807) is 13.8 Å². The SMILES string of the molecule is CC(C)OCC(c1ccc(C(F)(F)F)c(C(=O)N2Cc3nccnc3C2)c1)N1C(=O)[C@@](CCC2CC2)(c2ccc(F)cc2)N=C1N. The van der Waals surface area contributed by atoms with E-state index in [9.17, 15) is 27.2 Å².